The first-order valence-electron chi connectivity index (χ1n) is 8.34. The van der Waals surface area contributed by atoms with Crippen molar-refractivity contribution in [3.05, 3.63) is 52.6 Å². The van der Waals surface area contributed by atoms with Gasteiger partial charge in [0.05, 0.1) is 28.4 Å². The third-order valence-corrected chi connectivity index (χ3v) is 4.58. The number of methoxy groups -OCH3 is 4. The van der Waals surface area contributed by atoms with Crippen LogP contribution in [0.3, 0.4) is 0 Å². The average Bonchev–Trinajstić information content (AvgIpc) is 2.69. The lowest BCUT2D eigenvalue weighted by Gasteiger charge is -2.19. The SMILES string of the molecule is COc1ccc2c(c1)CCC(=Cc1ccc(OC)c(OC)c1OC)C2=O. The number of hydrogen-bond acceptors (Lipinski definition) is 5. The van der Waals surface area contributed by atoms with Gasteiger partial charge in [-0.25, -0.2) is 0 Å². The summed E-state index contributed by atoms with van der Waals surface area (Å²) in [6.45, 7) is 0. The highest BCUT2D eigenvalue weighted by atomic mass is 16.5. The predicted octanol–water partition coefficient (Wildman–Crippen LogP) is 3.93. The molecule has 0 amide bonds. The summed E-state index contributed by atoms with van der Waals surface area (Å²) in [7, 11) is 6.34. The molecule has 0 aromatic heterocycles. The Morgan fingerprint density at radius 3 is 2.27 bits per heavy atom. The maximum atomic E-state index is 12.9. The van der Waals surface area contributed by atoms with E-state index in [-0.39, 0.29) is 5.78 Å². The number of Topliss-reactive ketones (excluding diaryl/α,β-unsaturated/α-hetero) is 1. The highest BCUT2D eigenvalue weighted by molar-refractivity contribution is 6.13. The van der Waals surface area contributed by atoms with E-state index in [0.29, 0.717) is 23.7 Å². The molecule has 0 bridgehead atoms. The number of carbonyl (C=O) groups excluding carboxylic acids is 1. The summed E-state index contributed by atoms with van der Waals surface area (Å²) in [5.41, 5.74) is 3.27. The molecule has 26 heavy (non-hydrogen) atoms. The number of ether oxygens (including phenoxy) is 4. The van der Waals surface area contributed by atoms with E-state index in [9.17, 15) is 4.79 Å². The molecule has 3 rings (SSSR count). The first-order valence-corrected chi connectivity index (χ1v) is 8.34. The van der Waals surface area contributed by atoms with Crippen molar-refractivity contribution >= 4 is 11.9 Å². The second-order valence-corrected chi connectivity index (χ2v) is 5.95. The third kappa shape index (κ3) is 3.12. The minimum atomic E-state index is 0.0331. The van der Waals surface area contributed by atoms with Crippen LogP contribution < -0.4 is 18.9 Å². The summed E-state index contributed by atoms with van der Waals surface area (Å²) < 4.78 is 21.5. The lowest BCUT2D eigenvalue weighted by molar-refractivity contribution is 0.102. The fraction of sp³-hybridized carbons (Fsp3) is 0.286. The van der Waals surface area contributed by atoms with Crippen LogP contribution in [0.4, 0.5) is 0 Å². The molecule has 0 fully saturated rings. The molecule has 2 aromatic carbocycles. The fourth-order valence-corrected chi connectivity index (χ4v) is 3.24. The molecule has 1 aliphatic rings. The monoisotopic (exact) mass is 354 g/mol. The second-order valence-electron chi connectivity index (χ2n) is 5.95. The molecule has 0 spiro atoms. The van der Waals surface area contributed by atoms with Crippen LogP contribution in [-0.2, 0) is 6.42 Å². The third-order valence-electron chi connectivity index (χ3n) is 4.58. The molecule has 0 atom stereocenters. The van der Waals surface area contributed by atoms with Gasteiger partial charge < -0.3 is 18.9 Å². The molecule has 0 saturated carbocycles. The first-order chi connectivity index (χ1) is 12.6. The number of hydrogen-bond donors (Lipinski definition) is 0. The Hall–Kier alpha value is -2.95. The smallest absolute Gasteiger partial charge is 0.203 e. The number of benzene rings is 2. The Balaban J connectivity index is 2.02. The summed E-state index contributed by atoms with van der Waals surface area (Å²) in [4.78, 5) is 12.9. The van der Waals surface area contributed by atoms with Crippen molar-refractivity contribution in [2.75, 3.05) is 28.4 Å². The van der Waals surface area contributed by atoms with E-state index >= 15 is 0 Å². The normalized spacial score (nSPS) is 14.8. The van der Waals surface area contributed by atoms with Gasteiger partial charge in [-0.3, -0.25) is 4.79 Å². The summed E-state index contributed by atoms with van der Waals surface area (Å²) in [5, 5.41) is 0. The van der Waals surface area contributed by atoms with E-state index in [1.165, 1.54) is 0 Å². The molecule has 1 aliphatic carbocycles. The van der Waals surface area contributed by atoms with Crippen molar-refractivity contribution in [1.82, 2.24) is 0 Å². The number of allylic oxidation sites excluding steroid dienone is 1. The summed E-state index contributed by atoms with van der Waals surface area (Å²) in [5.74, 6) is 2.45. The minimum Gasteiger partial charge on any atom is -0.497 e. The second kappa shape index (κ2) is 7.52. The lowest BCUT2D eigenvalue weighted by Crippen LogP contribution is -2.14. The van der Waals surface area contributed by atoms with E-state index < -0.39 is 0 Å². The Morgan fingerprint density at radius 2 is 1.62 bits per heavy atom. The van der Waals surface area contributed by atoms with Gasteiger partial charge in [-0.1, -0.05) is 0 Å². The van der Waals surface area contributed by atoms with Gasteiger partial charge >= 0.3 is 0 Å². The van der Waals surface area contributed by atoms with Gasteiger partial charge in [0, 0.05) is 16.7 Å². The number of aryl methyl sites for hydroxylation is 1. The van der Waals surface area contributed by atoms with Crippen LogP contribution >= 0.6 is 0 Å². The molecular formula is C21H22O5. The maximum Gasteiger partial charge on any atom is 0.203 e. The van der Waals surface area contributed by atoms with Gasteiger partial charge in [0.2, 0.25) is 5.75 Å². The Bertz CT molecular complexity index is 867. The van der Waals surface area contributed by atoms with Crippen molar-refractivity contribution < 1.29 is 23.7 Å². The number of rotatable bonds is 5. The summed E-state index contributed by atoms with van der Waals surface area (Å²) >= 11 is 0. The molecule has 2 aromatic rings. The predicted molar refractivity (Wildman–Crippen MR) is 99.7 cm³/mol. The van der Waals surface area contributed by atoms with Crippen molar-refractivity contribution in [3.8, 4) is 23.0 Å². The van der Waals surface area contributed by atoms with Crippen LogP contribution in [0.1, 0.15) is 27.9 Å². The molecular weight excluding hydrogens is 332 g/mol. The zero-order valence-electron chi connectivity index (χ0n) is 15.4. The van der Waals surface area contributed by atoms with Crippen molar-refractivity contribution in [1.29, 1.82) is 0 Å². The topological polar surface area (TPSA) is 54.0 Å². The zero-order chi connectivity index (χ0) is 18.7. The Morgan fingerprint density at radius 1 is 0.846 bits per heavy atom. The van der Waals surface area contributed by atoms with Crippen LogP contribution in [0.2, 0.25) is 0 Å². The molecule has 0 unspecified atom stereocenters. The van der Waals surface area contributed by atoms with Gasteiger partial charge in [-0.15, -0.1) is 0 Å². The van der Waals surface area contributed by atoms with E-state index in [0.717, 1.165) is 34.4 Å². The van der Waals surface area contributed by atoms with Gasteiger partial charge in [-0.2, -0.15) is 0 Å². The fourth-order valence-electron chi connectivity index (χ4n) is 3.24. The van der Waals surface area contributed by atoms with Crippen molar-refractivity contribution in [3.63, 3.8) is 0 Å². The highest BCUT2D eigenvalue weighted by Gasteiger charge is 2.23. The van der Waals surface area contributed by atoms with E-state index in [1.54, 1.807) is 34.5 Å². The maximum absolute atomic E-state index is 12.9. The number of carbonyl (C=O) groups is 1. The zero-order valence-corrected chi connectivity index (χ0v) is 15.4. The number of fused-ring (bicyclic) bond motifs is 1. The summed E-state index contributed by atoms with van der Waals surface area (Å²) in [6.07, 6.45) is 3.33. The van der Waals surface area contributed by atoms with Crippen LogP contribution in [0.15, 0.2) is 35.9 Å². The molecule has 0 radical (unpaired) electrons. The molecule has 0 saturated heterocycles. The first kappa shape index (κ1) is 17.9. The Kier molecular flexibility index (Phi) is 5.16. The minimum absolute atomic E-state index is 0.0331. The van der Waals surface area contributed by atoms with Gasteiger partial charge in [0.15, 0.2) is 17.3 Å². The van der Waals surface area contributed by atoms with Crippen LogP contribution in [-0.4, -0.2) is 34.2 Å². The molecule has 0 aliphatic heterocycles. The molecule has 5 nitrogen and oxygen atoms in total. The molecule has 5 heteroatoms. The quantitative estimate of drug-likeness (QED) is 0.762. The van der Waals surface area contributed by atoms with Gasteiger partial charge in [0.25, 0.3) is 0 Å². The average molecular weight is 354 g/mol. The molecule has 0 heterocycles. The lowest BCUT2D eigenvalue weighted by atomic mass is 9.86. The largest absolute Gasteiger partial charge is 0.497 e. The molecule has 136 valence electrons. The number of ketones is 1. The van der Waals surface area contributed by atoms with Crippen LogP contribution in [0, 0.1) is 0 Å². The standard InChI is InChI=1S/C21H22O5/c1-23-16-8-9-17-13(12-16)5-6-14(19(17)22)11-15-7-10-18(24-2)21(26-4)20(15)25-3/h7-12H,5-6H2,1-4H3. The van der Waals surface area contributed by atoms with Crippen LogP contribution in [0.5, 0.6) is 23.0 Å². The van der Waals surface area contributed by atoms with E-state index in [4.69, 9.17) is 18.9 Å². The van der Waals surface area contributed by atoms with Gasteiger partial charge in [-0.05, 0) is 54.8 Å². The van der Waals surface area contributed by atoms with E-state index in [1.807, 2.05) is 30.3 Å². The van der Waals surface area contributed by atoms with Crippen molar-refractivity contribution in [2.24, 2.45) is 0 Å². The Labute approximate surface area is 153 Å². The molecule has 0 N–H and O–H groups in total. The van der Waals surface area contributed by atoms with Crippen molar-refractivity contribution in [2.45, 2.75) is 12.8 Å². The summed E-state index contributed by atoms with van der Waals surface area (Å²) in [6, 6.07) is 9.25. The van der Waals surface area contributed by atoms with E-state index in [2.05, 4.69) is 0 Å². The van der Waals surface area contributed by atoms with Crippen LogP contribution in [0.25, 0.3) is 6.08 Å². The van der Waals surface area contributed by atoms with Gasteiger partial charge in [0.1, 0.15) is 5.75 Å². The highest BCUT2D eigenvalue weighted by Crippen LogP contribution is 2.41.